The molecular weight excluding hydrogens is 346 g/mol. The second kappa shape index (κ2) is 5.83. The highest BCUT2D eigenvalue weighted by Crippen LogP contribution is 2.40. The number of aromatic nitrogens is 1. The molecule has 0 atom stereocenters. The predicted octanol–water partition coefficient (Wildman–Crippen LogP) is 7.06. The van der Waals surface area contributed by atoms with E-state index >= 15 is 0 Å². The van der Waals surface area contributed by atoms with E-state index in [1.165, 1.54) is 0 Å². The molecule has 3 heterocycles. The minimum Gasteiger partial charge on any atom is -0.452 e. The molecular formula is C25H15NO2. The Morgan fingerprint density at radius 3 is 2.29 bits per heavy atom. The molecule has 0 spiro atoms. The summed E-state index contributed by atoms with van der Waals surface area (Å²) in [6.07, 6.45) is 1.85. The number of hydrogen-bond acceptors (Lipinski definition) is 3. The quantitative estimate of drug-likeness (QED) is 0.331. The molecule has 28 heavy (non-hydrogen) atoms. The van der Waals surface area contributed by atoms with Crippen LogP contribution in [0.15, 0.2) is 100.0 Å². The van der Waals surface area contributed by atoms with E-state index in [1.54, 1.807) is 0 Å². The van der Waals surface area contributed by atoms with Crippen molar-refractivity contribution in [1.82, 2.24) is 4.98 Å². The Morgan fingerprint density at radius 2 is 1.36 bits per heavy atom. The van der Waals surface area contributed by atoms with Gasteiger partial charge in [-0.05, 0) is 47.5 Å². The van der Waals surface area contributed by atoms with Gasteiger partial charge in [0.1, 0.15) is 11.2 Å². The average Bonchev–Trinajstić information content (AvgIpc) is 3.31. The molecule has 0 amide bonds. The molecule has 0 aliphatic carbocycles. The Kier molecular flexibility index (Phi) is 3.17. The van der Waals surface area contributed by atoms with Gasteiger partial charge < -0.3 is 8.83 Å². The molecule has 132 valence electrons. The van der Waals surface area contributed by atoms with Gasteiger partial charge in [0.05, 0.1) is 16.5 Å². The Balaban J connectivity index is 1.60. The van der Waals surface area contributed by atoms with Crippen LogP contribution in [-0.2, 0) is 0 Å². The zero-order chi connectivity index (χ0) is 18.5. The standard InChI is InChI=1S/C25H15NO2/c1-2-7-16(8-3-1)17-13-14-26-21(15-17)18-10-6-11-20-23(18)28-24-19-9-4-5-12-22(19)27-25(20)24/h1-15H. The molecule has 0 bridgehead atoms. The highest BCUT2D eigenvalue weighted by molar-refractivity contribution is 6.14. The van der Waals surface area contributed by atoms with Crippen LogP contribution in [0, 0.1) is 0 Å². The van der Waals surface area contributed by atoms with Crippen LogP contribution in [0.3, 0.4) is 0 Å². The molecule has 6 aromatic rings. The molecule has 0 saturated carbocycles. The van der Waals surface area contributed by atoms with E-state index < -0.39 is 0 Å². The Morgan fingerprint density at radius 1 is 0.571 bits per heavy atom. The van der Waals surface area contributed by atoms with Gasteiger partial charge in [0.2, 0.25) is 0 Å². The molecule has 0 saturated heterocycles. The Labute approximate surface area is 160 Å². The molecule has 0 fully saturated rings. The highest BCUT2D eigenvalue weighted by Gasteiger charge is 2.18. The van der Waals surface area contributed by atoms with E-state index in [-0.39, 0.29) is 0 Å². The van der Waals surface area contributed by atoms with Crippen molar-refractivity contribution in [2.75, 3.05) is 0 Å². The third-order valence-electron chi connectivity index (χ3n) is 5.16. The molecule has 3 nitrogen and oxygen atoms in total. The second-order valence-corrected chi connectivity index (χ2v) is 6.84. The van der Waals surface area contributed by atoms with Gasteiger partial charge in [-0.1, -0.05) is 48.5 Å². The van der Waals surface area contributed by atoms with E-state index in [0.717, 1.165) is 55.5 Å². The molecule has 0 N–H and O–H groups in total. The lowest BCUT2D eigenvalue weighted by molar-refractivity contribution is 0.653. The number of rotatable bonds is 2. The Bertz CT molecular complexity index is 1460. The molecule has 0 aliphatic rings. The first-order chi connectivity index (χ1) is 13.9. The summed E-state index contributed by atoms with van der Waals surface area (Å²) in [6.45, 7) is 0. The van der Waals surface area contributed by atoms with Gasteiger partial charge in [-0.15, -0.1) is 0 Å². The van der Waals surface area contributed by atoms with Crippen LogP contribution in [0.1, 0.15) is 0 Å². The van der Waals surface area contributed by atoms with Gasteiger partial charge in [-0.25, -0.2) is 0 Å². The number of furan rings is 2. The normalized spacial score (nSPS) is 11.6. The maximum absolute atomic E-state index is 6.30. The monoisotopic (exact) mass is 361 g/mol. The summed E-state index contributed by atoms with van der Waals surface area (Å²) in [5.41, 5.74) is 7.36. The van der Waals surface area contributed by atoms with Crippen LogP contribution in [-0.4, -0.2) is 4.98 Å². The smallest absolute Gasteiger partial charge is 0.181 e. The van der Waals surface area contributed by atoms with E-state index in [9.17, 15) is 0 Å². The van der Waals surface area contributed by atoms with Crippen LogP contribution in [0.5, 0.6) is 0 Å². The van der Waals surface area contributed by atoms with E-state index in [1.807, 2.05) is 72.9 Å². The van der Waals surface area contributed by atoms with Crippen LogP contribution in [0.2, 0.25) is 0 Å². The van der Waals surface area contributed by atoms with Crippen molar-refractivity contribution in [2.24, 2.45) is 0 Å². The fraction of sp³-hybridized carbons (Fsp3) is 0. The first-order valence-corrected chi connectivity index (χ1v) is 9.23. The SMILES string of the molecule is c1ccc(-c2ccnc(-c3cccc4c3oc3c5ccccc5oc43)c2)cc1. The maximum atomic E-state index is 6.30. The summed E-state index contributed by atoms with van der Waals surface area (Å²) < 4.78 is 12.4. The summed E-state index contributed by atoms with van der Waals surface area (Å²) >= 11 is 0. The summed E-state index contributed by atoms with van der Waals surface area (Å²) in [7, 11) is 0. The van der Waals surface area contributed by atoms with E-state index in [0.29, 0.717) is 0 Å². The van der Waals surface area contributed by atoms with Crippen LogP contribution >= 0.6 is 0 Å². The predicted molar refractivity (Wildman–Crippen MR) is 112 cm³/mol. The lowest BCUT2D eigenvalue weighted by Gasteiger charge is -2.06. The van der Waals surface area contributed by atoms with Gasteiger partial charge in [0.15, 0.2) is 11.2 Å². The zero-order valence-corrected chi connectivity index (χ0v) is 14.9. The zero-order valence-electron chi connectivity index (χ0n) is 14.9. The van der Waals surface area contributed by atoms with Gasteiger partial charge in [0, 0.05) is 11.8 Å². The van der Waals surface area contributed by atoms with Crippen molar-refractivity contribution >= 4 is 33.1 Å². The van der Waals surface area contributed by atoms with Crippen LogP contribution in [0.4, 0.5) is 0 Å². The Hall–Kier alpha value is -3.85. The minimum absolute atomic E-state index is 0.789. The molecule has 3 heteroatoms. The van der Waals surface area contributed by atoms with Gasteiger partial charge in [-0.3, -0.25) is 4.98 Å². The number of hydrogen-bond donors (Lipinski definition) is 0. The third kappa shape index (κ3) is 2.20. The molecule has 6 rings (SSSR count). The van der Waals surface area contributed by atoms with Crippen molar-refractivity contribution in [1.29, 1.82) is 0 Å². The lowest BCUT2D eigenvalue weighted by atomic mass is 10.0. The van der Waals surface area contributed by atoms with Gasteiger partial charge in [0.25, 0.3) is 0 Å². The number of nitrogens with zero attached hydrogens (tertiary/aromatic N) is 1. The van der Waals surface area contributed by atoms with Gasteiger partial charge >= 0.3 is 0 Å². The fourth-order valence-corrected chi connectivity index (χ4v) is 3.82. The largest absolute Gasteiger partial charge is 0.452 e. The number of pyridine rings is 1. The minimum atomic E-state index is 0.789. The molecule has 0 aliphatic heterocycles. The van der Waals surface area contributed by atoms with Crippen molar-refractivity contribution < 1.29 is 8.83 Å². The maximum Gasteiger partial charge on any atom is 0.181 e. The van der Waals surface area contributed by atoms with Crippen molar-refractivity contribution in [3.63, 3.8) is 0 Å². The number of fused-ring (bicyclic) bond motifs is 5. The first kappa shape index (κ1) is 15.2. The van der Waals surface area contributed by atoms with E-state index in [2.05, 4.69) is 23.2 Å². The molecule has 3 aromatic heterocycles. The lowest BCUT2D eigenvalue weighted by Crippen LogP contribution is -1.86. The molecule has 0 radical (unpaired) electrons. The molecule has 0 unspecified atom stereocenters. The summed E-state index contributed by atoms with van der Waals surface area (Å²) in [5, 5.41) is 1.96. The van der Waals surface area contributed by atoms with Crippen LogP contribution < -0.4 is 0 Å². The van der Waals surface area contributed by atoms with E-state index in [4.69, 9.17) is 8.83 Å². The topological polar surface area (TPSA) is 39.2 Å². The average molecular weight is 361 g/mol. The van der Waals surface area contributed by atoms with Crippen molar-refractivity contribution in [2.45, 2.75) is 0 Å². The summed E-state index contributed by atoms with van der Waals surface area (Å²) in [6, 6.07) is 28.5. The number of benzene rings is 3. The molecule has 3 aromatic carbocycles. The first-order valence-electron chi connectivity index (χ1n) is 9.23. The second-order valence-electron chi connectivity index (χ2n) is 6.84. The van der Waals surface area contributed by atoms with Crippen molar-refractivity contribution in [3.05, 3.63) is 91.1 Å². The van der Waals surface area contributed by atoms with Crippen molar-refractivity contribution in [3.8, 4) is 22.4 Å². The summed E-state index contributed by atoms with van der Waals surface area (Å²) in [4.78, 5) is 4.61. The third-order valence-corrected chi connectivity index (χ3v) is 5.16. The highest BCUT2D eigenvalue weighted by atomic mass is 16.4. The van der Waals surface area contributed by atoms with Crippen LogP contribution in [0.25, 0.3) is 55.5 Å². The summed E-state index contributed by atoms with van der Waals surface area (Å²) in [5.74, 6) is 0. The number of para-hydroxylation sites is 2. The fourth-order valence-electron chi connectivity index (χ4n) is 3.82. The van der Waals surface area contributed by atoms with Gasteiger partial charge in [-0.2, -0.15) is 0 Å².